The van der Waals surface area contributed by atoms with Gasteiger partial charge in [-0.05, 0) is 47.8 Å². The van der Waals surface area contributed by atoms with Crippen LogP contribution in [0.3, 0.4) is 0 Å². The van der Waals surface area contributed by atoms with Gasteiger partial charge < -0.3 is 10.2 Å². The predicted molar refractivity (Wildman–Crippen MR) is 115 cm³/mol. The number of benzene rings is 1. The molecule has 0 spiro atoms. The zero-order valence-corrected chi connectivity index (χ0v) is 17.0. The molecule has 0 aliphatic heterocycles. The van der Waals surface area contributed by atoms with Gasteiger partial charge >= 0.3 is 11.9 Å². The molecule has 0 aliphatic rings. The number of carboxylic acid groups (broad SMARTS) is 2. The number of rotatable bonds is 15. The van der Waals surface area contributed by atoms with Crippen LogP contribution in [0.25, 0.3) is 12.2 Å². The molecule has 0 aliphatic carbocycles. The fraction of sp³-hybridized carbons (Fsp3) is 0.500. The van der Waals surface area contributed by atoms with E-state index < -0.39 is 11.9 Å². The molecule has 0 amide bonds. The van der Waals surface area contributed by atoms with E-state index in [0.717, 1.165) is 41.7 Å². The number of unbranched alkanes of at least 4 members (excludes halogenated alkanes) is 9. The van der Waals surface area contributed by atoms with Crippen LogP contribution in [0.15, 0.2) is 30.4 Å². The minimum atomic E-state index is -0.997. The predicted octanol–water partition coefficient (Wildman–Crippen LogP) is 6.35. The molecule has 0 fully saturated rings. The third-order valence-electron chi connectivity index (χ3n) is 4.69. The maximum Gasteiger partial charge on any atom is 0.328 e. The Hall–Kier alpha value is -2.36. The molecule has 0 bridgehead atoms. The summed E-state index contributed by atoms with van der Waals surface area (Å²) in [5.41, 5.74) is 2.66. The summed E-state index contributed by atoms with van der Waals surface area (Å²) in [5.74, 6) is -1.99. The molecule has 0 aromatic heterocycles. The van der Waals surface area contributed by atoms with E-state index in [4.69, 9.17) is 10.2 Å². The summed E-state index contributed by atoms with van der Waals surface area (Å²) in [7, 11) is 0. The van der Waals surface area contributed by atoms with Crippen LogP contribution >= 0.6 is 0 Å². The molecular weight excluding hydrogens is 352 g/mol. The van der Waals surface area contributed by atoms with Gasteiger partial charge in [0, 0.05) is 12.2 Å². The highest BCUT2D eigenvalue weighted by molar-refractivity contribution is 5.87. The summed E-state index contributed by atoms with van der Waals surface area (Å²) in [6, 6.07) is 5.75. The lowest BCUT2D eigenvalue weighted by Crippen LogP contribution is -1.92. The molecule has 0 saturated carbocycles. The van der Waals surface area contributed by atoms with Crippen molar-refractivity contribution in [3.63, 3.8) is 0 Å². The SMILES string of the molecule is CCCCCCCCCCCCc1cc(C=CC(=O)O)cc(/C=C\C(=O)O)c1. The van der Waals surface area contributed by atoms with Crippen LogP contribution in [0.5, 0.6) is 0 Å². The van der Waals surface area contributed by atoms with Gasteiger partial charge in [0.2, 0.25) is 0 Å². The van der Waals surface area contributed by atoms with Crippen LogP contribution in [-0.4, -0.2) is 22.2 Å². The number of aryl methyl sites for hydroxylation is 1. The van der Waals surface area contributed by atoms with Crippen LogP contribution in [0.4, 0.5) is 0 Å². The molecular formula is C24H34O4. The Morgan fingerprint density at radius 2 is 1.14 bits per heavy atom. The molecule has 28 heavy (non-hydrogen) atoms. The largest absolute Gasteiger partial charge is 0.478 e. The minimum Gasteiger partial charge on any atom is -0.478 e. The van der Waals surface area contributed by atoms with Crippen molar-refractivity contribution >= 4 is 24.1 Å². The van der Waals surface area contributed by atoms with Gasteiger partial charge in [-0.15, -0.1) is 0 Å². The van der Waals surface area contributed by atoms with Crippen molar-refractivity contribution in [2.75, 3.05) is 0 Å². The molecule has 1 aromatic rings. The molecule has 0 heterocycles. The van der Waals surface area contributed by atoms with E-state index >= 15 is 0 Å². The summed E-state index contributed by atoms with van der Waals surface area (Å²) >= 11 is 0. The van der Waals surface area contributed by atoms with E-state index in [9.17, 15) is 9.59 Å². The molecule has 154 valence electrons. The zero-order valence-electron chi connectivity index (χ0n) is 17.0. The maximum atomic E-state index is 10.7. The Morgan fingerprint density at radius 3 is 1.57 bits per heavy atom. The monoisotopic (exact) mass is 386 g/mol. The van der Waals surface area contributed by atoms with Crippen LogP contribution in [0.1, 0.15) is 87.8 Å². The van der Waals surface area contributed by atoms with Crippen molar-refractivity contribution in [1.82, 2.24) is 0 Å². The molecule has 1 rings (SSSR count). The maximum absolute atomic E-state index is 10.7. The second kappa shape index (κ2) is 14.7. The lowest BCUT2D eigenvalue weighted by molar-refractivity contribution is -0.132. The Kier molecular flexibility index (Phi) is 12.4. The van der Waals surface area contributed by atoms with E-state index in [-0.39, 0.29) is 0 Å². The summed E-state index contributed by atoms with van der Waals surface area (Å²) in [6.07, 6.45) is 19.1. The average molecular weight is 387 g/mol. The van der Waals surface area contributed by atoms with Crippen molar-refractivity contribution in [3.05, 3.63) is 47.0 Å². The van der Waals surface area contributed by atoms with Gasteiger partial charge in [0.1, 0.15) is 0 Å². The quantitative estimate of drug-likeness (QED) is 0.272. The molecule has 0 saturated heterocycles. The number of carboxylic acids is 2. The lowest BCUT2D eigenvalue weighted by Gasteiger charge is -2.06. The molecule has 2 N–H and O–H groups in total. The molecule has 4 heteroatoms. The highest BCUT2D eigenvalue weighted by atomic mass is 16.4. The first-order chi connectivity index (χ1) is 13.5. The summed E-state index contributed by atoms with van der Waals surface area (Å²) < 4.78 is 0. The van der Waals surface area contributed by atoms with E-state index in [1.54, 1.807) is 18.2 Å². The zero-order chi connectivity index (χ0) is 20.6. The summed E-state index contributed by atoms with van der Waals surface area (Å²) in [4.78, 5) is 21.5. The average Bonchev–Trinajstić information content (AvgIpc) is 2.66. The van der Waals surface area contributed by atoms with Gasteiger partial charge in [-0.25, -0.2) is 9.59 Å². The van der Waals surface area contributed by atoms with Gasteiger partial charge in [-0.3, -0.25) is 0 Å². The molecule has 0 radical (unpaired) electrons. The van der Waals surface area contributed by atoms with Crippen molar-refractivity contribution in [2.45, 2.75) is 77.6 Å². The highest BCUT2D eigenvalue weighted by Gasteiger charge is 2.01. The van der Waals surface area contributed by atoms with Gasteiger partial charge in [0.25, 0.3) is 0 Å². The molecule has 0 atom stereocenters. The van der Waals surface area contributed by atoms with Crippen LogP contribution in [-0.2, 0) is 16.0 Å². The standard InChI is InChI=1S/C24H34O4/c1-2-3-4-5-6-7-8-9-10-11-12-20-17-21(13-15-23(25)26)19-22(18-20)14-16-24(27)28/h13-19H,2-12H2,1H3,(H,25,26)(H,27,28)/b15-13-,16-14?. The van der Waals surface area contributed by atoms with Crippen molar-refractivity contribution in [3.8, 4) is 0 Å². The lowest BCUT2D eigenvalue weighted by atomic mass is 9.99. The normalized spacial score (nSPS) is 11.5. The van der Waals surface area contributed by atoms with E-state index in [1.165, 1.54) is 57.8 Å². The van der Waals surface area contributed by atoms with E-state index in [1.807, 2.05) is 12.1 Å². The fourth-order valence-corrected chi connectivity index (χ4v) is 3.23. The molecule has 0 unspecified atom stereocenters. The molecule has 4 nitrogen and oxygen atoms in total. The second-order valence-corrected chi connectivity index (χ2v) is 7.28. The van der Waals surface area contributed by atoms with Gasteiger partial charge in [-0.1, -0.05) is 76.8 Å². The number of hydrogen-bond donors (Lipinski definition) is 2. The van der Waals surface area contributed by atoms with Crippen molar-refractivity contribution < 1.29 is 19.8 Å². The Labute approximate surface area is 169 Å². The number of hydrogen-bond acceptors (Lipinski definition) is 2. The van der Waals surface area contributed by atoms with Crippen LogP contribution in [0, 0.1) is 0 Å². The fourth-order valence-electron chi connectivity index (χ4n) is 3.23. The Balaban J connectivity index is 2.47. The summed E-state index contributed by atoms with van der Waals surface area (Å²) in [6.45, 7) is 2.24. The first-order valence-corrected chi connectivity index (χ1v) is 10.5. The smallest absolute Gasteiger partial charge is 0.328 e. The third kappa shape index (κ3) is 12.1. The highest BCUT2D eigenvalue weighted by Crippen LogP contribution is 2.17. The topological polar surface area (TPSA) is 74.6 Å². The van der Waals surface area contributed by atoms with E-state index in [2.05, 4.69) is 6.92 Å². The van der Waals surface area contributed by atoms with Crippen molar-refractivity contribution in [1.29, 1.82) is 0 Å². The number of aliphatic carboxylic acids is 2. The number of carbonyl (C=O) groups is 2. The van der Waals surface area contributed by atoms with E-state index in [0.29, 0.717) is 0 Å². The van der Waals surface area contributed by atoms with Gasteiger partial charge in [0.05, 0.1) is 0 Å². The summed E-state index contributed by atoms with van der Waals surface area (Å²) in [5, 5.41) is 17.6. The minimum absolute atomic E-state index is 0.775. The Morgan fingerprint density at radius 1 is 0.714 bits per heavy atom. The van der Waals surface area contributed by atoms with Crippen LogP contribution in [0.2, 0.25) is 0 Å². The van der Waals surface area contributed by atoms with Crippen molar-refractivity contribution in [2.24, 2.45) is 0 Å². The second-order valence-electron chi connectivity index (χ2n) is 7.28. The first kappa shape index (κ1) is 23.7. The molecule has 1 aromatic carbocycles. The Bertz CT molecular complexity index is 616. The van der Waals surface area contributed by atoms with Crippen LogP contribution < -0.4 is 0 Å². The van der Waals surface area contributed by atoms with Gasteiger partial charge in [0.15, 0.2) is 0 Å². The van der Waals surface area contributed by atoms with Gasteiger partial charge in [-0.2, -0.15) is 0 Å². The first-order valence-electron chi connectivity index (χ1n) is 10.5. The third-order valence-corrected chi connectivity index (χ3v) is 4.69.